The third-order valence-electron chi connectivity index (χ3n) is 4.22. The number of carbonyl (C=O) groups excluding carboxylic acids is 1. The van der Waals surface area contributed by atoms with Gasteiger partial charge in [-0.05, 0) is 31.5 Å². The van der Waals surface area contributed by atoms with E-state index in [1.165, 1.54) is 0 Å². The molecule has 1 N–H and O–H groups in total. The predicted molar refractivity (Wildman–Crippen MR) is 80.2 cm³/mol. The lowest BCUT2D eigenvalue weighted by Gasteiger charge is -2.23. The Morgan fingerprint density at radius 3 is 2.59 bits per heavy atom. The van der Waals surface area contributed by atoms with Gasteiger partial charge in [-0.2, -0.15) is 0 Å². The van der Waals surface area contributed by atoms with Crippen LogP contribution in [0.2, 0.25) is 0 Å². The van der Waals surface area contributed by atoms with Gasteiger partial charge in [-0.15, -0.1) is 0 Å². The summed E-state index contributed by atoms with van der Waals surface area (Å²) in [7, 11) is 3.11. The second-order valence-corrected chi connectivity index (χ2v) is 5.42. The molecule has 22 heavy (non-hydrogen) atoms. The van der Waals surface area contributed by atoms with Crippen LogP contribution in [0, 0.1) is 5.92 Å². The number of hydrogen-bond donors (Lipinski definition) is 1. The molecule has 6 nitrogen and oxygen atoms in total. The highest BCUT2D eigenvalue weighted by Gasteiger charge is 2.38. The van der Waals surface area contributed by atoms with Gasteiger partial charge >= 0.3 is 5.97 Å². The molecular formula is C16H21NO5. The third kappa shape index (κ3) is 3.16. The van der Waals surface area contributed by atoms with Crippen molar-refractivity contribution >= 4 is 11.9 Å². The highest BCUT2D eigenvalue weighted by molar-refractivity contribution is 5.82. The van der Waals surface area contributed by atoms with Crippen LogP contribution in [0.25, 0.3) is 0 Å². The van der Waals surface area contributed by atoms with Gasteiger partial charge in [0.05, 0.1) is 26.6 Å². The summed E-state index contributed by atoms with van der Waals surface area (Å²) in [5.41, 5.74) is 0.734. The molecule has 1 heterocycles. The highest BCUT2D eigenvalue weighted by atomic mass is 16.5. The van der Waals surface area contributed by atoms with Crippen LogP contribution in [-0.2, 0) is 16.0 Å². The zero-order chi connectivity index (χ0) is 16.3. The van der Waals surface area contributed by atoms with Crippen LogP contribution in [0.1, 0.15) is 18.9 Å². The van der Waals surface area contributed by atoms with Crippen molar-refractivity contribution in [1.82, 2.24) is 4.90 Å². The molecule has 2 unspecified atom stereocenters. The van der Waals surface area contributed by atoms with E-state index in [0.717, 1.165) is 5.56 Å². The van der Waals surface area contributed by atoms with Gasteiger partial charge in [0, 0.05) is 18.2 Å². The van der Waals surface area contributed by atoms with Crippen LogP contribution in [0.3, 0.4) is 0 Å². The minimum atomic E-state index is -0.846. The van der Waals surface area contributed by atoms with Gasteiger partial charge in [-0.3, -0.25) is 9.59 Å². The summed E-state index contributed by atoms with van der Waals surface area (Å²) >= 11 is 0. The topological polar surface area (TPSA) is 76.1 Å². The van der Waals surface area contributed by atoms with Gasteiger partial charge in [-0.1, -0.05) is 0 Å². The maximum atomic E-state index is 12.5. The van der Waals surface area contributed by atoms with Gasteiger partial charge in [0.1, 0.15) is 11.5 Å². The fourth-order valence-electron chi connectivity index (χ4n) is 2.91. The van der Waals surface area contributed by atoms with E-state index >= 15 is 0 Å². The van der Waals surface area contributed by atoms with Gasteiger partial charge in [0.25, 0.3) is 0 Å². The molecule has 2 rings (SSSR count). The Hall–Kier alpha value is -2.24. The molecule has 0 bridgehead atoms. The molecule has 1 aromatic rings. The highest BCUT2D eigenvalue weighted by Crippen LogP contribution is 2.28. The molecule has 1 aromatic carbocycles. The molecule has 1 aliphatic rings. The smallest absolute Gasteiger partial charge is 0.308 e. The van der Waals surface area contributed by atoms with Crippen molar-refractivity contribution in [2.45, 2.75) is 25.8 Å². The second kappa shape index (κ2) is 6.68. The lowest BCUT2D eigenvalue weighted by molar-refractivity contribution is -0.143. The molecule has 0 radical (unpaired) electrons. The average molecular weight is 307 g/mol. The number of carbonyl (C=O) groups is 2. The summed E-state index contributed by atoms with van der Waals surface area (Å²) < 4.78 is 10.4. The monoisotopic (exact) mass is 307 g/mol. The molecule has 0 aliphatic carbocycles. The first kappa shape index (κ1) is 16.1. The number of carboxylic acid groups (broad SMARTS) is 1. The van der Waals surface area contributed by atoms with Crippen molar-refractivity contribution in [3.63, 3.8) is 0 Å². The van der Waals surface area contributed by atoms with Crippen LogP contribution in [-0.4, -0.2) is 48.7 Å². The first-order valence-corrected chi connectivity index (χ1v) is 7.21. The number of benzene rings is 1. The van der Waals surface area contributed by atoms with Crippen molar-refractivity contribution in [1.29, 1.82) is 0 Å². The number of rotatable bonds is 5. The summed E-state index contributed by atoms with van der Waals surface area (Å²) in [4.78, 5) is 25.3. The van der Waals surface area contributed by atoms with Crippen molar-refractivity contribution < 1.29 is 24.2 Å². The minimum absolute atomic E-state index is 0.0946. The molecule has 0 aromatic heterocycles. The fraction of sp³-hybridized carbons (Fsp3) is 0.500. The number of ether oxygens (including phenoxy) is 2. The van der Waals surface area contributed by atoms with E-state index in [9.17, 15) is 9.59 Å². The standard InChI is InChI=1S/C16H21NO5/c1-10-13(16(19)20)6-7-17(10)15(18)9-11-8-12(21-2)4-5-14(11)22-3/h4-5,8,10,13H,6-7,9H2,1-3H3,(H,19,20). The Morgan fingerprint density at radius 1 is 1.32 bits per heavy atom. The molecular weight excluding hydrogens is 286 g/mol. The van der Waals surface area contributed by atoms with E-state index < -0.39 is 11.9 Å². The summed E-state index contributed by atoms with van der Waals surface area (Å²) in [6, 6.07) is 5.01. The van der Waals surface area contributed by atoms with Crippen LogP contribution in [0.4, 0.5) is 0 Å². The van der Waals surface area contributed by atoms with E-state index in [1.807, 2.05) is 0 Å². The number of methoxy groups -OCH3 is 2. The fourth-order valence-corrected chi connectivity index (χ4v) is 2.91. The zero-order valence-electron chi connectivity index (χ0n) is 13.0. The second-order valence-electron chi connectivity index (χ2n) is 5.42. The van der Waals surface area contributed by atoms with E-state index in [4.69, 9.17) is 14.6 Å². The summed E-state index contributed by atoms with van der Waals surface area (Å²) in [6.45, 7) is 2.26. The Kier molecular flexibility index (Phi) is 4.90. The lowest BCUT2D eigenvalue weighted by Crippen LogP contribution is -2.38. The molecule has 0 spiro atoms. The largest absolute Gasteiger partial charge is 0.497 e. The maximum absolute atomic E-state index is 12.5. The summed E-state index contributed by atoms with van der Waals surface area (Å²) in [6.07, 6.45) is 0.661. The average Bonchev–Trinajstić information content (AvgIpc) is 2.89. The van der Waals surface area contributed by atoms with Gasteiger partial charge in [0.15, 0.2) is 0 Å². The normalized spacial score (nSPS) is 20.8. The molecule has 1 amide bonds. The lowest BCUT2D eigenvalue weighted by atomic mass is 10.0. The van der Waals surface area contributed by atoms with Crippen molar-refractivity contribution in [2.24, 2.45) is 5.92 Å². The molecule has 1 aliphatic heterocycles. The van der Waals surface area contributed by atoms with Crippen LogP contribution >= 0.6 is 0 Å². The number of aliphatic carboxylic acids is 1. The van der Waals surface area contributed by atoms with Gasteiger partial charge in [0.2, 0.25) is 5.91 Å². The van der Waals surface area contributed by atoms with Crippen molar-refractivity contribution in [2.75, 3.05) is 20.8 Å². The van der Waals surface area contributed by atoms with Gasteiger partial charge < -0.3 is 19.5 Å². The number of hydrogen-bond acceptors (Lipinski definition) is 4. The third-order valence-corrected chi connectivity index (χ3v) is 4.22. The maximum Gasteiger partial charge on any atom is 0.308 e. The number of nitrogens with zero attached hydrogens (tertiary/aromatic N) is 1. The van der Waals surface area contributed by atoms with Crippen molar-refractivity contribution in [3.8, 4) is 11.5 Å². The molecule has 1 saturated heterocycles. The number of carboxylic acids is 1. The van der Waals surface area contributed by atoms with Crippen LogP contribution < -0.4 is 9.47 Å². The van der Waals surface area contributed by atoms with Crippen LogP contribution in [0.15, 0.2) is 18.2 Å². The zero-order valence-corrected chi connectivity index (χ0v) is 13.0. The predicted octanol–water partition coefficient (Wildman–Crippen LogP) is 1.57. The molecule has 0 saturated carbocycles. The summed E-state index contributed by atoms with van der Waals surface area (Å²) in [5, 5.41) is 9.15. The minimum Gasteiger partial charge on any atom is -0.497 e. The molecule has 2 atom stereocenters. The Balaban J connectivity index is 2.14. The van der Waals surface area contributed by atoms with E-state index in [-0.39, 0.29) is 18.4 Å². The number of amides is 1. The Morgan fingerprint density at radius 2 is 2.05 bits per heavy atom. The van der Waals surface area contributed by atoms with E-state index in [0.29, 0.717) is 24.5 Å². The van der Waals surface area contributed by atoms with E-state index in [2.05, 4.69) is 0 Å². The Labute approximate surface area is 129 Å². The van der Waals surface area contributed by atoms with Gasteiger partial charge in [-0.25, -0.2) is 0 Å². The first-order valence-electron chi connectivity index (χ1n) is 7.21. The van der Waals surface area contributed by atoms with E-state index in [1.54, 1.807) is 44.2 Å². The number of likely N-dealkylation sites (tertiary alicyclic amines) is 1. The molecule has 6 heteroatoms. The van der Waals surface area contributed by atoms with Crippen molar-refractivity contribution in [3.05, 3.63) is 23.8 Å². The molecule has 1 fully saturated rings. The Bertz CT molecular complexity index is 572. The van der Waals surface area contributed by atoms with Crippen LogP contribution in [0.5, 0.6) is 11.5 Å². The first-order chi connectivity index (χ1) is 10.5. The summed E-state index contributed by atoms with van der Waals surface area (Å²) in [5.74, 6) is -0.155. The molecule has 120 valence electrons. The quantitative estimate of drug-likeness (QED) is 0.893. The SMILES string of the molecule is COc1ccc(OC)c(CC(=O)N2CCC(C(=O)O)C2C)c1.